The van der Waals surface area contributed by atoms with E-state index in [0.717, 1.165) is 5.56 Å². The third-order valence-corrected chi connectivity index (χ3v) is 5.22. The first kappa shape index (κ1) is 20.8. The number of hydrogen-bond acceptors (Lipinski definition) is 4. The van der Waals surface area contributed by atoms with E-state index in [2.05, 4.69) is 9.46 Å². The number of benzene rings is 2. The molecule has 0 spiro atoms. The van der Waals surface area contributed by atoms with Crippen molar-refractivity contribution in [2.24, 2.45) is 0 Å². The third-order valence-electron chi connectivity index (χ3n) is 3.66. The molecule has 0 fully saturated rings. The predicted octanol–water partition coefficient (Wildman–Crippen LogP) is 2.86. The molecule has 0 aromatic heterocycles. The SMILES string of the molecule is CCNS(=O)(=O)c1ccc(C(=O)N(C)Cc2ccc(OC(F)F)cc2)cc1. The topological polar surface area (TPSA) is 75.7 Å². The van der Waals surface area contributed by atoms with Crippen molar-refractivity contribution < 1.29 is 26.7 Å². The fourth-order valence-electron chi connectivity index (χ4n) is 2.39. The maximum atomic E-state index is 12.5. The van der Waals surface area contributed by atoms with E-state index in [0.29, 0.717) is 5.56 Å². The molecule has 0 heterocycles. The molecule has 2 aromatic rings. The lowest BCUT2D eigenvalue weighted by molar-refractivity contribution is -0.0498. The van der Waals surface area contributed by atoms with Gasteiger partial charge in [-0.25, -0.2) is 13.1 Å². The van der Waals surface area contributed by atoms with Gasteiger partial charge in [0.15, 0.2) is 0 Å². The van der Waals surface area contributed by atoms with Crippen molar-refractivity contribution in [1.82, 2.24) is 9.62 Å². The number of ether oxygens (including phenoxy) is 1. The predicted molar refractivity (Wildman–Crippen MR) is 96.2 cm³/mol. The van der Waals surface area contributed by atoms with Crippen LogP contribution in [0.25, 0.3) is 0 Å². The molecule has 1 amide bonds. The fourth-order valence-corrected chi connectivity index (χ4v) is 3.43. The normalized spacial score (nSPS) is 11.4. The van der Waals surface area contributed by atoms with Gasteiger partial charge in [-0.3, -0.25) is 4.79 Å². The van der Waals surface area contributed by atoms with Crippen LogP contribution in [0.15, 0.2) is 53.4 Å². The van der Waals surface area contributed by atoms with Crippen LogP contribution in [0.5, 0.6) is 5.75 Å². The molecule has 6 nitrogen and oxygen atoms in total. The Morgan fingerprint density at radius 3 is 2.22 bits per heavy atom. The van der Waals surface area contributed by atoms with E-state index in [1.165, 1.54) is 41.3 Å². The van der Waals surface area contributed by atoms with Crippen molar-refractivity contribution in [3.8, 4) is 5.75 Å². The molecule has 0 bridgehead atoms. The summed E-state index contributed by atoms with van der Waals surface area (Å²) in [4.78, 5) is 14.0. The summed E-state index contributed by atoms with van der Waals surface area (Å²) < 4.78 is 54.8. The Bertz CT molecular complexity index is 869. The van der Waals surface area contributed by atoms with Crippen molar-refractivity contribution in [1.29, 1.82) is 0 Å². The molecule has 9 heteroatoms. The molecule has 2 aromatic carbocycles. The molecule has 0 aliphatic heterocycles. The molecular weight excluding hydrogens is 378 g/mol. The van der Waals surface area contributed by atoms with Crippen LogP contribution in [-0.2, 0) is 16.6 Å². The quantitative estimate of drug-likeness (QED) is 0.742. The highest BCUT2D eigenvalue weighted by atomic mass is 32.2. The average Bonchev–Trinajstić information content (AvgIpc) is 2.62. The van der Waals surface area contributed by atoms with Crippen LogP contribution < -0.4 is 9.46 Å². The van der Waals surface area contributed by atoms with Crippen LogP contribution in [0.1, 0.15) is 22.8 Å². The van der Waals surface area contributed by atoms with Crippen LogP contribution >= 0.6 is 0 Å². The second-order valence-corrected chi connectivity index (χ2v) is 7.48. The van der Waals surface area contributed by atoms with Gasteiger partial charge in [-0.15, -0.1) is 0 Å². The Balaban J connectivity index is 2.04. The molecule has 0 aliphatic carbocycles. The van der Waals surface area contributed by atoms with E-state index in [1.54, 1.807) is 26.1 Å². The maximum absolute atomic E-state index is 12.5. The summed E-state index contributed by atoms with van der Waals surface area (Å²) in [5, 5.41) is 0. The summed E-state index contributed by atoms with van der Waals surface area (Å²) in [7, 11) is -1.98. The van der Waals surface area contributed by atoms with E-state index in [-0.39, 0.29) is 29.6 Å². The van der Waals surface area contributed by atoms with Crippen molar-refractivity contribution in [2.75, 3.05) is 13.6 Å². The number of nitrogens with one attached hydrogen (secondary N) is 1. The number of carbonyl (C=O) groups is 1. The van der Waals surface area contributed by atoms with Gasteiger partial charge in [0.25, 0.3) is 5.91 Å². The molecule has 0 saturated heterocycles. The van der Waals surface area contributed by atoms with Crippen LogP contribution in [0.4, 0.5) is 8.78 Å². The Morgan fingerprint density at radius 1 is 1.11 bits per heavy atom. The number of nitrogens with zero attached hydrogens (tertiary/aromatic N) is 1. The first-order chi connectivity index (χ1) is 12.7. The van der Waals surface area contributed by atoms with Gasteiger partial charge >= 0.3 is 6.61 Å². The van der Waals surface area contributed by atoms with Crippen molar-refractivity contribution in [3.05, 3.63) is 59.7 Å². The summed E-state index contributed by atoms with van der Waals surface area (Å²) in [6.45, 7) is -0.686. The lowest BCUT2D eigenvalue weighted by Crippen LogP contribution is -2.26. The highest BCUT2D eigenvalue weighted by Gasteiger charge is 2.16. The number of halogens is 2. The summed E-state index contributed by atoms with van der Waals surface area (Å²) in [6, 6.07) is 11.6. The Hall–Kier alpha value is -2.52. The first-order valence-electron chi connectivity index (χ1n) is 8.12. The lowest BCUT2D eigenvalue weighted by atomic mass is 10.1. The van der Waals surface area contributed by atoms with E-state index >= 15 is 0 Å². The van der Waals surface area contributed by atoms with Crippen LogP contribution in [0.2, 0.25) is 0 Å². The number of sulfonamides is 1. The minimum atomic E-state index is -3.57. The van der Waals surface area contributed by atoms with Gasteiger partial charge in [-0.1, -0.05) is 19.1 Å². The van der Waals surface area contributed by atoms with Gasteiger partial charge in [-0.2, -0.15) is 8.78 Å². The van der Waals surface area contributed by atoms with E-state index in [4.69, 9.17) is 0 Å². The standard InChI is InChI=1S/C18H20F2N2O4S/c1-3-21-27(24,25)16-10-6-14(7-11-16)17(23)22(2)12-13-4-8-15(9-5-13)26-18(19)20/h4-11,18,21H,3,12H2,1-2H3. The lowest BCUT2D eigenvalue weighted by Gasteiger charge is -2.18. The Morgan fingerprint density at radius 2 is 1.70 bits per heavy atom. The Labute approximate surface area is 156 Å². The van der Waals surface area contributed by atoms with Crippen molar-refractivity contribution in [2.45, 2.75) is 25.0 Å². The van der Waals surface area contributed by atoms with Crippen LogP contribution in [-0.4, -0.2) is 39.4 Å². The summed E-state index contributed by atoms with van der Waals surface area (Å²) in [6.07, 6.45) is 0. The van der Waals surface area contributed by atoms with E-state index in [9.17, 15) is 22.0 Å². The minimum absolute atomic E-state index is 0.0419. The number of carbonyl (C=O) groups excluding carboxylic acids is 1. The average molecular weight is 398 g/mol. The number of rotatable bonds is 8. The summed E-state index contributed by atoms with van der Waals surface area (Å²) in [5.41, 5.74) is 1.07. The molecule has 0 saturated carbocycles. The maximum Gasteiger partial charge on any atom is 0.387 e. The molecule has 146 valence electrons. The first-order valence-corrected chi connectivity index (χ1v) is 9.60. The molecule has 0 atom stereocenters. The largest absolute Gasteiger partial charge is 0.435 e. The monoisotopic (exact) mass is 398 g/mol. The Kier molecular flexibility index (Phi) is 6.86. The fraction of sp³-hybridized carbons (Fsp3) is 0.278. The molecule has 0 radical (unpaired) electrons. The summed E-state index contributed by atoms with van der Waals surface area (Å²) >= 11 is 0. The third kappa shape index (κ3) is 5.73. The van der Waals surface area contributed by atoms with Gasteiger partial charge in [0.05, 0.1) is 4.90 Å². The van der Waals surface area contributed by atoms with Crippen LogP contribution in [0.3, 0.4) is 0 Å². The molecule has 27 heavy (non-hydrogen) atoms. The molecule has 2 rings (SSSR count). The number of amides is 1. The zero-order valence-electron chi connectivity index (χ0n) is 14.9. The van der Waals surface area contributed by atoms with Gasteiger partial charge in [0, 0.05) is 25.7 Å². The van der Waals surface area contributed by atoms with Crippen molar-refractivity contribution >= 4 is 15.9 Å². The number of hydrogen-bond donors (Lipinski definition) is 1. The minimum Gasteiger partial charge on any atom is -0.435 e. The smallest absolute Gasteiger partial charge is 0.387 e. The highest BCUT2D eigenvalue weighted by molar-refractivity contribution is 7.89. The zero-order valence-corrected chi connectivity index (χ0v) is 15.7. The second kappa shape index (κ2) is 8.92. The second-order valence-electron chi connectivity index (χ2n) is 5.71. The van der Waals surface area contributed by atoms with Gasteiger partial charge in [0.1, 0.15) is 5.75 Å². The molecule has 0 aliphatic rings. The van der Waals surface area contributed by atoms with Crippen molar-refractivity contribution in [3.63, 3.8) is 0 Å². The molecule has 1 N–H and O–H groups in total. The van der Waals surface area contributed by atoms with E-state index in [1.807, 2.05) is 0 Å². The summed E-state index contributed by atoms with van der Waals surface area (Å²) in [5.74, 6) is -0.254. The molecule has 0 unspecified atom stereocenters. The highest BCUT2D eigenvalue weighted by Crippen LogP contribution is 2.17. The van der Waals surface area contributed by atoms with Gasteiger partial charge in [0.2, 0.25) is 10.0 Å². The molecular formula is C18H20F2N2O4S. The number of alkyl halides is 2. The van der Waals surface area contributed by atoms with Crippen LogP contribution in [0, 0.1) is 0 Å². The van der Waals surface area contributed by atoms with Gasteiger partial charge < -0.3 is 9.64 Å². The van der Waals surface area contributed by atoms with E-state index < -0.39 is 16.6 Å². The zero-order chi connectivity index (χ0) is 20.0. The van der Waals surface area contributed by atoms with Gasteiger partial charge in [-0.05, 0) is 42.0 Å².